The predicted octanol–water partition coefficient (Wildman–Crippen LogP) is 0.561. The lowest BCUT2D eigenvalue weighted by atomic mass is 9.89. The summed E-state index contributed by atoms with van der Waals surface area (Å²) < 4.78 is 10.5. The Bertz CT molecular complexity index is 137. The van der Waals surface area contributed by atoms with Crippen molar-refractivity contribution in [1.82, 2.24) is 0 Å². The van der Waals surface area contributed by atoms with Gasteiger partial charge in [0.15, 0.2) is 0 Å². The molecular formula is C8H16O3. The van der Waals surface area contributed by atoms with Gasteiger partial charge in [-0.15, -0.1) is 0 Å². The summed E-state index contributed by atoms with van der Waals surface area (Å²) in [6.07, 6.45) is 0.129. The zero-order chi connectivity index (χ0) is 8.48. The van der Waals surface area contributed by atoms with Crippen LogP contribution in [-0.2, 0) is 9.47 Å². The van der Waals surface area contributed by atoms with Crippen molar-refractivity contribution in [3.63, 3.8) is 0 Å². The Balaban J connectivity index is 2.64. The zero-order valence-corrected chi connectivity index (χ0v) is 7.33. The molecule has 0 aliphatic carbocycles. The highest BCUT2D eigenvalue weighted by atomic mass is 16.5. The first-order chi connectivity index (χ1) is 5.10. The summed E-state index contributed by atoms with van der Waals surface area (Å²) >= 11 is 0. The molecule has 66 valence electrons. The third kappa shape index (κ3) is 1.55. The van der Waals surface area contributed by atoms with E-state index in [4.69, 9.17) is 9.47 Å². The zero-order valence-electron chi connectivity index (χ0n) is 7.33. The summed E-state index contributed by atoms with van der Waals surface area (Å²) in [5, 5.41) is 9.65. The molecule has 1 rings (SSSR count). The second kappa shape index (κ2) is 3.09. The minimum atomic E-state index is -0.513. The Morgan fingerprint density at radius 3 is 2.73 bits per heavy atom. The fourth-order valence-corrected chi connectivity index (χ4v) is 1.41. The quantitative estimate of drug-likeness (QED) is 0.609. The normalized spacial score (nSPS) is 45.8. The van der Waals surface area contributed by atoms with Gasteiger partial charge in [0.05, 0.1) is 11.7 Å². The lowest BCUT2D eigenvalue weighted by Crippen LogP contribution is -2.52. The van der Waals surface area contributed by atoms with Crippen LogP contribution in [0, 0.1) is 0 Å². The van der Waals surface area contributed by atoms with Crippen molar-refractivity contribution in [3.05, 3.63) is 0 Å². The van der Waals surface area contributed by atoms with Crippen molar-refractivity contribution in [1.29, 1.82) is 0 Å². The van der Waals surface area contributed by atoms with Crippen molar-refractivity contribution in [3.8, 4) is 0 Å². The molecule has 1 fully saturated rings. The molecule has 0 aromatic heterocycles. The van der Waals surface area contributed by atoms with E-state index in [1.165, 1.54) is 0 Å². The van der Waals surface area contributed by atoms with Crippen molar-refractivity contribution in [2.24, 2.45) is 0 Å². The van der Waals surface area contributed by atoms with Crippen LogP contribution < -0.4 is 0 Å². The molecule has 1 aliphatic rings. The van der Waals surface area contributed by atoms with Crippen LogP contribution in [-0.4, -0.2) is 36.6 Å². The molecule has 0 radical (unpaired) electrons. The van der Waals surface area contributed by atoms with E-state index in [-0.39, 0.29) is 6.10 Å². The predicted molar refractivity (Wildman–Crippen MR) is 41.5 cm³/mol. The maximum atomic E-state index is 9.65. The number of methoxy groups -OCH3 is 1. The van der Waals surface area contributed by atoms with E-state index < -0.39 is 11.7 Å². The van der Waals surface area contributed by atoms with Gasteiger partial charge in [0.2, 0.25) is 0 Å². The summed E-state index contributed by atoms with van der Waals surface area (Å²) in [6.45, 7) is 4.44. The number of hydrogen-bond acceptors (Lipinski definition) is 3. The molecule has 1 saturated heterocycles. The molecule has 1 unspecified atom stereocenters. The molecule has 0 aromatic rings. The lowest BCUT2D eigenvalue weighted by Gasteiger charge is -2.40. The smallest absolute Gasteiger partial charge is 0.109 e. The minimum Gasteiger partial charge on any atom is -0.387 e. The number of aliphatic hydroxyl groups excluding tert-OH is 1. The fraction of sp³-hybridized carbons (Fsp3) is 1.00. The van der Waals surface area contributed by atoms with Gasteiger partial charge in [-0.05, 0) is 13.8 Å². The Hall–Kier alpha value is -0.120. The van der Waals surface area contributed by atoms with Gasteiger partial charge in [0, 0.05) is 20.1 Å². The van der Waals surface area contributed by atoms with E-state index in [0.29, 0.717) is 6.61 Å². The molecule has 0 spiro atoms. The average Bonchev–Trinajstić information content (AvgIpc) is 2.00. The number of hydrogen-bond donors (Lipinski definition) is 1. The number of aliphatic hydroxyl groups is 1. The van der Waals surface area contributed by atoms with E-state index >= 15 is 0 Å². The monoisotopic (exact) mass is 160 g/mol. The summed E-state index contributed by atoms with van der Waals surface area (Å²) in [5.41, 5.74) is -0.419. The Labute approximate surface area is 67.3 Å². The highest BCUT2D eigenvalue weighted by Gasteiger charge is 2.40. The molecular weight excluding hydrogens is 144 g/mol. The van der Waals surface area contributed by atoms with Gasteiger partial charge in [-0.1, -0.05) is 0 Å². The molecule has 0 bridgehead atoms. The van der Waals surface area contributed by atoms with Gasteiger partial charge in [-0.2, -0.15) is 0 Å². The summed E-state index contributed by atoms with van der Waals surface area (Å²) in [4.78, 5) is 0. The molecule has 0 amide bonds. The number of ether oxygens (including phenoxy) is 2. The van der Waals surface area contributed by atoms with Crippen molar-refractivity contribution >= 4 is 0 Å². The Morgan fingerprint density at radius 2 is 2.27 bits per heavy atom. The fourth-order valence-electron chi connectivity index (χ4n) is 1.41. The average molecular weight is 160 g/mol. The third-order valence-electron chi connectivity index (χ3n) is 2.52. The van der Waals surface area contributed by atoms with E-state index in [0.717, 1.165) is 6.42 Å². The molecule has 3 nitrogen and oxygen atoms in total. The van der Waals surface area contributed by atoms with E-state index in [1.54, 1.807) is 7.11 Å². The van der Waals surface area contributed by atoms with Crippen LogP contribution in [0.3, 0.4) is 0 Å². The second-order valence-corrected chi connectivity index (χ2v) is 3.29. The van der Waals surface area contributed by atoms with Crippen molar-refractivity contribution < 1.29 is 14.6 Å². The molecule has 1 N–H and O–H groups in total. The molecule has 3 atom stereocenters. The van der Waals surface area contributed by atoms with Crippen LogP contribution in [0.2, 0.25) is 0 Å². The second-order valence-electron chi connectivity index (χ2n) is 3.29. The van der Waals surface area contributed by atoms with E-state index in [2.05, 4.69) is 0 Å². The topological polar surface area (TPSA) is 38.7 Å². The van der Waals surface area contributed by atoms with Gasteiger partial charge in [-0.25, -0.2) is 0 Å². The van der Waals surface area contributed by atoms with E-state index in [9.17, 15) is 5.11 Å². The summed E-state index contributed by atoms with van der Waals surface area (Å²) in [5.74, 6) is 0. The van der Waals surface area contributed by atoms with Crippen molar-refractivity contribution in [2.75, 3.05) is 13.7 Å². The molecule has 0 aromatic carbocycles. The van der Waals surface area contributed by atoms with Crippen LogP contribution in [0.5, 0.6) is 0 Å². The SMILES string of the molecule is COC1(C)CCO[C@@H](C)[C@H]1O. The first kappa shape index (κ1) is 8.97. The van der Waals surface area contributed by atoms with Crippen molar-refractivity contribution in [2.45, 2.75) is 38.1 Å². The minimum absolute atomic E-state index is 0.117. The molecule has 11 heavy (non-hydrogen) atoms. The maximum Gasteiger partial charge on any atom is 0.109 e. The van der Waals surface area contributed by atoms with Crippen LogP contribution in [0.15, 0.2) is 0 Å². The highest BCUT2D eigenvalue weighted by molar-refractivity contribution is 4.90. The number of rotatable bonds is 1. The molecule has 1 aliphatic heterocycles. The van der Waals surface area contributed by atoms with Crippen LogP contribution in [0.4, 0.5) is 0 Å². The van der Waals surface area contributed by atoms with Crippen LogP contribution in [0.1, 0.15) is 20.3 Å². The lowest BCUT2D eigenvalue weighted by molar-refractivity contribution is -0.188. The Kier molecular flexibility index (Phi) is 2.52. The third-order valence-corrected chi connectivity index (χ3v) is 2.52. The van der Waals surface area contributed by atoms with E-state index in [1.807, 2.05) is 13.8 Å². The maximum absolute atomic E-state index is 9.65. The van der Waals surface area contributed by atoms with Gasteiger partial charge in [0.1, 0.15) is 6.10 Å². The first-order valence-corrected chi connectivity index (χ1v) is 3.95. The standard InChI is InChI=1S/C8H16O3/c1-6-7(9)8(2,10-3)4-5-11-6/h6-7,9H,4-5H2,1-3H3/t6-,7+,8?/m0/s1. The Morgan fingerprint density at radius 1 is 1.64 bits per heavy atom. The first-order valence-electron chi connectivity index (χ1n) is 3.95. The summed E-state index contributed by atoms with van der Waals surface area (Å²) in [6, 6.07) is 0. The molecule has 0 saturated carbocycles. The molecule has 1 heterocycles. The van der Waals surface area contributed by atoms with Gasteiger partial charge < -0.3 is 14.6 Å². The largest absolute Gasteiger partial charge is 0.387 e. The molecule has 3 heteroatoms. The van der Waals surface area contributed by atoms with Crippen LogP contribution >= 0.6 is 0 Å². The van der Waals surface area contributed by atoms with Crippen LogP contribution in [0.25, 0.3) is 0 Å². The van der Waals surface area contributed by atoms with Gasteiger partial charge in [0.25, 0.3) is 0 Å². The van der Waals surface area contributed by atoms with Gasteiger partial charge >= 0.3 is 0 Å². The highest BCUT2D eigenvalue weighted by Crippen LogP contribution is 2.27. The summed E-state index contributed by atoms with van der Waals surface area (Å²) in [7, 11) is 1.63. The van der Waals surface area contributed by atoms with Gasteiger partial charge in [-0.3, -0.25) is 0 Å².